The predicted octanol–water partition coefficient (Wildman–Crippen LogP) is 0.602. The Balaban J connectivity index is 1.29. The van der Waals surface area contributed by atoms with Gasteiger partial charge in [-0.15, -0.1) is 0 Å². The number of aromatic amines is 1. The van der Waals surface area contributed by atoms with Gasteiger partial charge in [-0.1, -0.05) is 12.1 Å². The summed E-state index contributed by atoms with van der Waals surface area (Å²) >= 11 is 0. The number of ether oxygens (including phenoxy) is 2. The number of aryl methyl sites for hydroxylation is 1. The summed E-state index contributed by atoms with van der Waals surface area (Å²) in [6, 6.07) is 8.71. The summed E-state index contributed by atoms with van der Waals surface area (Å²) < 4.78 is 14.5. The maximum Gasteiger partial charge on any atom is 0.328 e. The number of carbonyl (C=O) groups excluding carboxylic acids is 1. The molecule has 0 spiro atoms. The molecule has 10 nitrogen and oxygen atoms in total. The van der Waals surface area contributed by atoms with Gasteiger partial charge in [0.25, 0.3) is 5.56 Å². The molecule has 2 N–H and O–H groups in total. The molecule has 1 aliphatic rings. The lowest BCUT2D eigenvalue weighted by molar-refractivity contribution is -0.116. The van der Waals surface area contributed by atoms with E-state index < -0.39 is 11.2 Å². The number of amides is 1. The van der Waals surface area contributed by atoms with Crippen LogP contribution in [-0.2, 0) is 17.9 Å². The van der Waals surface area contributed by atoms with Gasteiger partial charge >= 0.3 is 5.69 Å². The molecule has 10 heteroatoms. The van der Waals surface area contributed by atoms with E-state index in [0.29, 0.717) is 24.6 Å². The molecule has 0 saturated heterocycles. The van der Waals surface area contributed by atoms with E-state index in [0.717, 1.165) is 5.75 Å². The van der Waals surface area contributed by atoms with E-state index in [1.807, 2.05) is 24.3 Å². The molecule has 3 heterocycles. The Bertz CT molecular complexity index is 1130. The van der Waals surface area contributed by atoms with Gasteiger partial charge in [-0.3, -0.25) is 19.3 Å². The number of rotatable bonds is 6. The molecule has 0 aliphatic carbocycles. The van der Waals surface area contributed by atoms with Crippen molar-refractivity contribution in [1.82, 2.24) is 19.3 Å². The molecule has 4 rings (SSSR count). The Kier molecular flexibility index (Phi) is 5.14. The van der Waals surface area contributed by atoms with Crippen LogP contribution >= 0.6 is 0 Å². The van der Waals surface area contributed by atoms with Crippen molar-refractivity contribution in [2.24, 2.45) is 0 Å². The molecule has 29 heavy (non-hydrogen) atoms. The number of fused-ring (bicyclic) bond motifs is 1. The zero-order valence-corrected chi connectivity index (χ0v) is 15.4. The number of nitrogens with one attached hydrogen (secondary N) is 2. The summed E-state index contributed by atoms with van der Waals surface area (Å²) in [5.74, 6) is 1.15. The van der Waals surface area contributed by atoms with E-state index in [9.17, 15) is 14.4 Å². The molecular formula is C19H19N5O5. The lowest BCUT2D eigenvalue weighted by atomic mass is 10.2. The van der Waals surface area contributed by atoms with E-state index in [1.165, 1.54) is 16.8 Å². The van der Waals surface area contributed by atoms with Crippen LogP contribution in [0.3, 0.4) is 0 Å². The fourth-order valence-electron chi connectivity index (χ4n) is 2.96. The number of para-hydroxylation sites is 2. The predicted molar refractivity (Wildman–Crippen MR) is 103 cm³/mol. The van der Waals surface area contributed by atoms with Crippen molar-refractivity contribution in [2.45, 2.75) is 25.6 Å². The molecule has 0 saturated carbocycles. The third kappa shape index (κ3) is 4.54. The highest BCUT2D eigenvalue weighted by atomic mass is 16.6. The van der Waals surface area contributed by atoms with Gasteiger partial charge in [0.05, 0.1) is 18.4 Å². The zero-order valence-electron chi connectivity index (χ0n) is 15.4. The number of H-pyrrole nitrogens is 1. The van der Waals surface area contributed by atoms with E-state index in [-0.39, 0.29) is 25.0 Å². The Morgan fingerprint density at radius 2 is 2.07 bits per heavy atom. The molecule has 1 unspecified atom stereocenters. The Morgan fingerprint density at radius 1 is 1.24 bits per heavy atom. The summed E-state index contributed by atoms with van der Waals surface area (Å²) in [5.41, 5.74) is -0.478. The lowest BCUT2D eigenvalue weighted by Gasteiger charge is -2.26. The van der Waals surface area contributed by atoms with Crippen LogP contribution in [0, 0.1) is 0 Å². The number of hydrogen-bond donors (Lipinski definition) is 2. The van der Waals surface area contributed by atoms with Crippen LogP contribution in [0.15, 0.2) is 58.5 Å². The second kappa shape index (κ2) is 8.05. The topological polar surface area (TPSA) is 120 Å². The second-order valence-corrected chi connectivity index (χ2v) is 6.55. The van der Waals surface area contributed by atoms with Crippen molar-refractivity contribution in [2.75, 3.05) is 11.9 Å². The van der Waals surface area contributed by atoms with Crippen LogP contribution in [0.1, 0.15) is 6.42 Å². The van der Waals surface area contributed by atoms with Crippen LogP contribution in [0.25, 0.3) is 0 Å². The van der Waals surface area contributed by atoms with Gasteiger partial charge in [0.15, 0.2) is 17.6 Å². The lowest BCUT2D eigenvalue weighted by Crippen LogP contribution is -2.33. The zero-order chi connectivity index (χ0) is 20.2. The average Bonchev–Trinajstić information content (AvgIpc) is 3.14. The molecular weight excluding hydrogens is 378 g/mol. The van der Waals surface area contributed by atoms with Crippen molar-refractivity contribution in [3.05, 3.63) is 69.8 Å². The SMILES string of the molecule is O=C(CCn1ccc(=O)[nH]c1=O)Nc1cnn(CC2COc3ccccc3O2)c1. The van der Waals surface area contributed by atoms with Gasteiger partial charge in [-0.25, -0.2) is 4.79 Å². The number of hydrogen-bond acceptors (Lipinski definition) is 6. The normalized spacial score (nSPS) is 15.1. The van der Waals surface area contributed by atoms with Crippen molar-refractivity contribution >= 4 is 11.6 Å². The van der Waals surface area contributed by atoms with Crippen molar-refractivity contribution < 1.29 is 14.3 Å². The van der Waals surface area contributed by atoms with E-state index in [4.69, 9.17) is 9.47 Å². The average molecular weight is 397 g/mol. The number of benzene rings is 1. The molecule has 1 amide bonds. The minimum absolute atomic E-state index is 0.0769. The number of nitrogens with zero attached hydrogens (tertiary/aromatic N) is 3. The van der Waals surface area contributed by atoms with E-state index >= 15 is 0 Å². The monoisotopic (exact) mass is 397 g/mol. The van der Waals surface area contributed by atoms with Gasteiger partial charge in [-0.2, -0.15) is 5.10 Å². The fraction of sp³-hybridized carbons (Fsp3) is 0.263. The van der Waals surface area contributed by atoms with Crippen LogP contribution in [0.5, 0.6) is 11.5 Å². The first-order chi connectivity index (χ1) is 14.1. The highest BCUT2D eigenvalue weighted by molar-refractivity contribution is 5.90. The highest BCUT2D eigenvalue weighted by Gasteiger charge is 2.21. The van der Waals surface area contributed by atoms with Crippen molar-refractivity contribution in [1.29, 1.82) is 0 Å². The summed E-state index contributed by atoms with van der Waals surface area (Å²) in [4.78, 5) is 36.9. The van der Waals surface area contributed by atoms with Gasteiger partial charge in [0, 0.05) is 31.4 Å². The molecule has 0 bridgehead atoms. The summed E-state index contributed by atoms with van der Waals surface area (Å²) in [6.45, 7) is 1.03. The van der Waals surface area contributed by atoms with Gasteiger partial charge < -0.3 is 19.4 Å². The maximum atomic E-state index is 12.1. The quantitative estimate of drug-likeness (QED) is 0.629. The molecule has 150 valence electrons. The maximum absolute atomic E-state index is 12.1. The number of aromatic nitrogens is 4. The molecule has 0 radical (unpaired) electrons. The molecule has 1 aliphatic heterocycles. The fourth-order valence-corrected chi connectivity index (χ4v) is 2.96. The molecule has 3 aromatic rings. The van der Waals surface area contributed by atoms with Gasteiger partial charge in [-0.05, 0) is 12.1 Å². The minimum Gasteiger partial charge on any atom is -0.486 e. The summed E-state index contributed by atoms with van der Waals surface area (Å²) in [6.07, 6.45) is 4.49. The first-order valence-corrected chi connectivity index (χ1v) is 9.07. The van der Waals surface area contributed by atoms with Gasteiger partial charge in [0.2, 0.25) is 5.91 Å². The largest absolute Gasteiger partial charge is 0.486 e. The standard InChI is InChI=1S/C19H19N5O5/c25-17(5-7-23-8-6-18(26)22-19(23)27)21-13-9-20-24(10-13)11-14-12-28-15-3-1-2-4-16(15)29-14/h1-4,6,8-10,14H,5,7,11-12H2,(H,21,25)(H,22,26,27). The molecule has 2 aromatic heterocycles. The van der Waals surface area contributed by atoms with Gasteiger partial charge in [0.1, 0.15) is 6.61 Å². The third-order valence-electron chi connectivity index (χ3n) is 4.35. The molecule has 1 atom stereocenters. The Morgan fingerprint density at radius 3 is 2.90 bits per heavy atom. The van der Waals surface area contributed by atoms with Crippen molar-refractivity contribution in [3.63, 3.8) is 0 Å². The summed E-state index contributed by atoms with van der Waals surface area (Å²) in [5, 5.41) is 6.97. The minimum atomic E-state index is -0.547. The summed E-state index contributed by atoms with van der Waals surface area (Å²) in [7, 11) is 0. The number of anilines is 1. The van der Waals surface area contributed by atoms with E-state index in [1.54, 1.807) is 17.1 Å². The van der Waals surface area contributed by atoms with Crippen LogP contribution in [-0.4, -0.2) is 37.9 Å². The van der Waals surface area contributed by atoms with Crippen molar-refractivity contribution in [3.8, 4) is 11.5 Å². The number of carbonyl (C=O) groups is 1. The van der Waals surface area contributed by atoms with Crippen LogP contribution in [0.4, 0.5) is 5.69 Å². The second-order valence-electron chi connectivity index (χ2n) is 6.55. The molecule has 1 aromatic carbocycles. The first-order valence-electron chi connectivity index (χ1n) is 9.07. The first kappa shape index (κ1) is 18.5. The van der Waals surface area contributed by atoms with Crippen LogP contribution < -0.4 is 26.0 Å². The smallest absolute Gasteiger partial charge is 0.328 e. The Hall–Kier alpha value is -3.82. The highest BCUT2D eigenvalue weighted by Crippen LogP contribution is 2.31. The Labute approximate surface area is 164 Å². The van der Waals surface area contributed by atoms with Crippen LogP contribution in [0.2, 0.25) is 0 Å². The molecule has 0 fully saturated rings. The van der Waals surface area contributed by atoms with E-state index in [2.05, 4.69) is 15.4 Å². The third-order valence-corrected chi connectivity index (χ3v) is 4.35.